The minimum Gasteiger partial charge on any atom is -0.509 e. The molecule has 1 rings (SSSR count). The van der Waals surface area contributed by atoms with Gasteiger partial charge in [-0.3, -0.25) is 9.59 Å². The van der Waals surface area contributed by atoms with Crippen molar-refractivity contribution in [3.8, 4) is 0 Å². The Morgan fingerprint density at radius 3 is 2.57 bits per heavy atom. The number of aliphatic hydroxyl groups is 2. The Balaban J connectivity index is 2.78. The minimum atomic E-state index is -1.25. The highest BCUT2D eigenvalue weighted by Crippen LogP contribution is 2.24. The van der Waals surface area contributed by atoms with Gasteiger partial charge in [0, 0.05) is 18.4 Å². The van der Waals surface area contributed by atoms with E-state index in [0.29, 0.717) is 0 Å². The summed E-state index contributed by atoms with van der Waals surface area (Å²) >= 11 is 0. The Bertz CT molecular complexity index is 309. The highest BCUT2D eigenvalue weighted by molar-refractivity contribution is 5.99. The fraction of sp³-hybridized carbons (Fsp3) is 0.500. The lowest BCUT2D eigenvalue weighted by molar-refractivity contribution is -0.138. The van der Waals surface area contributed by atoms with Gasteiger partial charge >= 0.3 is 5.97 Å². The van der Waals surface area contributed by atoms with Crippen molar-refractivity contribution in [2.24, 2.45) is 5.73 Å². The predicted molar refractivity (Wildman–Crippen MR) is 45.5 cm³/mol. The van der Waals surface area contributed by atoms with E-state index in [4.69, 9.17) is 15.9 Å². The number of carboxylic acid groups (broad SMARTS) is 1. The molecule has 1 aliphatic carbocycles. The van der Waals surface area contributed by atoms with Gasteiger partial charge in [-0.25, -0.2) is 0 Å². The Labute approximate surface area is 79.6 Å². The Kier molecular flexibility index (Phi) is 2.87. The van der Waals surface area contributed by atoms with Crippen molar-refractivity contribution in [2.45, 2.75) is 25.0 Å². The van der Waals surface area contributed by atoms with Crippen LogP contribution in [0, 0.1) is 0 Å². The largest absolute Gasteiger partial charge is 0.509 e. The van der Waals surface area contributed by atoms with Crippen LogP contribution in [0.2, 0.25) is 0 Å². The number of aliphatic hydroxyl groups excluding tert-OH is 2. The van der Waals surface area contributed by atoms with E-state index in [1.54, 1.807) is 0 Å². The Morgan fingerprint density at radius 2 is 2.21 bits per heavy atom. The third-order valence-corrected chi connectivity index (χ3v) is 2.08. The van der Waals surface area contributed by atoms with Crippen molar-refractivity contribution >= 4 is 11.8 Å². The quantitative estimate of drug-likeness (QED) is 0.461. The molecule has 2 atom stereocenters. The molecule has 0 bridgehead atoms. The molecule has 0 saturated heterocycles. The van der Waals surface area contributed by atoms with E-state index in [9.17, 15) is 14.7 Å². The molecule has 0 saturated carbocycles. The van der Waals surface area contributed by atoms with E-state index in [2.05, 4.69) is 0 Å². The second kappa shape index (κ2) is 3.77. The van der Waals surface area contributed by atoms with Gasteiger partial charge in [-0.15, -0.1) is 0 Å². The summed E-state index contributed by atoms with van der Waals surface area (Å²) in [7, 11) is 0. The van der Waals surface area contributed by atoms with E-state index in [1.807, 2.05) is 0 Å². The number of hydrogen-bond donors (Lipinski definition) is 4. The van der Waals surface area contributed by atoms with Crippen LogP contribution in [0.3, 0.4) is 0 Å². The van der Waals surface area contributed by atoms with Gasteiger partial charge in [-0.2, -0.15) is 0 Å². The smallest absolute Gasteiger partial charge is 0.320 e. The fourth-order valence-corrected chi connectivity index (χ4v) is 1.27. The molecule has 6 nitrogen and oxygen atoms in total. The first-order valence-electron chi connectivity index (χ1n) is 4.05. The summed E-state index contributed by atoms with van der Waals surface area (Å²) in [6, 6.07) is -1.23. The summed E-state index contributed by atoms with van der Waals surface area (Å²) in [4.78, 5) is 21.5. The van der Waals surface area contributed by atoms with E-state index in [-0.39, 0.29) is 18.4 Å². The Morgan fingerprint density at radius 1 is 1.64 bits per heavy atom. The van der Waals surface area contributed by atoms with Crippen LogP contribution in [-0.4, -0.2) is 39.2 Å². The summed E-state index contributed by atoms with van der Waals surface area (Å²) in [5.74, 6) is -2.15. The zero-order valence-corrected chi connectivity index (χ0v) is 7.30. The summed E-state index contributed by atoms with van der Waals surface area (Å²) in [5, 5.41) is 26.8. The number of ketones is 1. The van der Waals surface area contributed by atoms with Crippen molar-refractivity contribution in [2.75, 3.05) is 0 Å². The molecule has 0 aromatic rings. The van der Waals surface area contributed by atoms with Gasteiger partial charge in [0.05, 0.1) is 0 Å². The van der Waals surface area contributed by atoms with Crippen LogP contribution in [-0.2, 0) is 9.59 Å². The molecule has 14 heavy (non-hydrogen) atoms. The predicted octanol–water partition coefficient (Wildman–Crippen LogP) is -1.07. The molecule has 0 fully saturated rings. The van der Waals surface area contributed by atoms with E-state index in [1.165, 1.54) is 0 Å². The van der Waals surface area contributed by atoms with Crippen molar-refractivity contribution in [1.29, 1.82) is 0 Å². The van der Waals surface area contributed by atoms with Gasteiger partial charge in [-0.05, 0) is 0 Å². The molecule has 0 aliphatic heterocycles. The molecular formula is C8H11NO5. The minimum absolute atomic E-state index is 0.0765. The second-order valence-corrected chi connectivity index (χ2v) is 3.16. The molecule has 1 unspecified atom stereocenters. The molecule has 5 N–H and O–H groups in total. The normalized spacial score (nSPS) is 24.1. The maximum absolute atomic E-state index is 11.1. The first kappa shape index (κ1) is 10.7. The van der Waals surface area contributed by atoms with Crippen molar-refractivity contribution < 1.29 is 24.9 Å². The van der Waals surface area contributed by atoms with Crippen LogP contribution in [0.4, 0.5) is 0 Å². The Hall–Kier alpha value is -1.40. The number of hydrogen-bond acceptors (Lipinski definition) is 5. The SMILES string of the molecule is N[C@@H](CC1=C(O)C(O)CC1=O)C(=O)O. The number of aliphatic carboxylic acids is 1. The molecule has 78 valence electrons. The van der Waals surface area contributed by atoms with Gasteiger partial charge in [0.15, 0.2) is 5.78 Å². The number of carbonyl (C=O) groups excluding carboxylic acids is 1. The van der Waals surface area contributed by atoms with Crippen LogP contribution in [0.1, 0.15) is 12.8 Å². The molecule has 0 amide bonds. The van der Waals surface area contributed by atoms with Gasteiger partial charge < -0.3 is 21.1 Å². The summed E-state index contributed by atoms with van der Waals surface area (Å²) in [6.45, 7) is 0. The van der Waals surface area contributed by atoms with E-state index < -0.39 is 29.7 Å². The van der Waals surface area contributed by atoms with Crippen LogP contribution in [0.5, 0.6) is 0 Å². The lowest BCUT2D eigenvalue weighted by atomic mass is 10.1. The molecule has 0 heterocycles. The molecule has 0 aromatic carbocycles. The number of rotatable bonds is 3. The van der Waals surface area contributed by atoms with E-state index in [0.717, 1.165) is 0 Å². The third-order valence-electron chi connectivity index (χ3n) is 2.08. The van der Waals surface area contributed by atoms with Crippen molar-refractivity contribution in [3.05, 3.63) is 11.3 Å². The van der Waals surface area contributed by atoms with Crippen LogP contribution < -0.4 is 5.73 Å². The molecular weight excluding hydrogens is 190 g/mol. The first-order chi connectivity index (χ1) is 6.43. The summed E-state index contributed by atoms with van der Waals surface area (Å²) < 4.78 is 0. The number of carboxylic acids is 1. The monoisotopic (exact) mass is 201 g/mol. The summed E-state index contributed by atoms with van der Waals surface area (Å²) in [6.07, 6.45) is -1.66. The maximum Gasteiger partial charge on any atom is 0.320 e. The topological polar surface area (TPSA) is 121 Å². The number of carbonyl (C=O) groups is 2. The van der Waals surface area contributed by atoms with Gasteiger partial charge in [0.25, 0.3) is 0 Å². The second-order valence-electron chi connectivity index (χ2n) is 3.16. The maximum atomic E-state index is 11.1. The standard InChI is InChI=1S/C8H11NO5/c9-4(8(13)14)1-3-5(10)2-6(11)7(3)12/h4,6,11-12H,1-2,9H2,(H,13,14)/t4-,6?/m0/s1. The average molecular weight is 201 g/mol. The third kappa shape index (κ3) is 1.91. The van der Waals surface area contributed by atoms with Crippen LogP contribution in [0.25, 0.3) is 0 Å². The highest BCUT2D eigenvalue weighted by atomic mass is 16.4. The fourth-order valence-electron chi connectivity index (χ4n) is 1.27. The zero-order valence-electron chi connectivity index (χ0n) is 7.30. The molecule has 6 heteroatoms. The molecule has 0 aromatic heterocycles. The van der Waals surface area contributed by atoms with Crippen molar-refractivity contribution in [1.82, 2.24) is 0 Å². The first-order valence-corrected chi connectivity index (χ1v) is 4.05. The van der Waals surface area contributed by atoms with Crippen molar-refractivity contribution in [3.63, 3.8) is 0 Å². The number of nitrogens with two attached hydrogens (primary N) is 1. The zero-order chi connectivity index (χ0) is 10.9. The van der Waals surface area contributed by atoms with E-state index >= 15 is 0 Å². The number of Topliss-reactive ketones (excluding diaryl/α,β-unsaturated/α-hetero) is 1. The van der Waals surface area contributed by atoms with Crippen LogP contribution in [0.15, 0.2) is 11.3 Å². The molecule has 1 aliphatic rings. The lowest BCUT2D eigenvalue weighted by Crippen LogP contribution is -2.31. The average Bonchev–Trinajstić information content (AvgIpc) is 2.32. The highest BCUT2D eigenvalue weighted by Gasteiger charge is 2.32. The van der Waals surface area contributed by atoms with Gasteiger partial charge in [0.1, 0.15) is 17.9 Å². The van der Waals surface area contributed by atoms with Gasteiger partial charge in [-0.1, -0.05) is 0 Å². The van der Waals surface area contributed by atoms with Crippen LogP contribution >= 0.6 is 0 Å². The summed E-state index contributed by atoms with van der Waals surface area (Å²) in [5.41, 5.74) is 5.11. The van der Waals surface area contributed by atoms with Gasteiger partial charge in [0.2, 0.25) is 0 Å². The molecule has 0 radical (unpaired) electrons. The molecule has 0 spiro atoms. The lowest BCUT2D eigenvalue weighted by Gasteiger charge is -2.06.